The number of hydrogen-bond donors (Lipinski definition) is 3. The zero-order valence-corrected chi connectivity index (χ0v) is 20.6. The van der Waals surface area contributed by atoms with E-state index in [9.17, 15) is 14.4 Å². The summed E-state index contributed by atoms with van der Waals surface area (Å²) in [6, 6.07) is 2.40. The molecular weight excluding hydrogens is 452 g/mol. The largest absolute Gasteiger partial charge is 0.370 e. The maximum atomic E-state index is 13.3. The van der Waals surface area contributed by atoms with Crippen LogP contribution in [-0.2, 0) is 21.0 Å². The third-order valence-electron chi connectivity index (χ3n) is 6.12. The number of urea groups is 1. The molecule has 1 aromatic rings. The highest BCUT2D eigenvalue weighted by Crippen LogP contribution is 2.29. The number of carbonyl (C=O) groups is 3. The van der Waals surface area contributed by atoms with Crippen LogP contribution in [0.1, 0.15) is 45.6 Å². The van der Waals surface area contributed by atoms with Crippen LogP contribution in [0.3, 0.4) is 0 Å². The summed E-state index contributed by atoms with van der Waals surface area (Å²) in [5.41, 5.74) is 11.6. The van der Waals surface area contributed by atoms with E-state index in [-0.39, 0.29) is 30.9 Å². The van der Waals surface area contributed by atoms with Gasteiger partial charge in [0.1, 0.15) is 6.04 Å². The van der Waals surface area contributed by atoms with Crippen LogP contribution in [0.4, 0.5) is 4.79 Å². The minimum atomic E-state index is -0.926. The average Bonchev–Trinajstić information content (AvgIpc) is 2.83. The Labute approximate surface area is 205 Å². The molecule has 3 rings (SSSR count). The van der Waals surface area contributed by atoms with Crippen molar-refractivity contribution in [2.24, 2.45) is 22.4 Å². The van der Waals surface area contributed by atoms with E-state index in [0.29, 0.717) is 31.8 Å². The van der Waals surface area contributed by atoms with E-state index < -0.39 is 24.3 Å². The first-order chi connectivity index (χ1) is 16.7. The van der Waals surface area contributed by atoms with E-state index in [0.717, 1.165) is 12.0 Å². The smallest absolute Gasteiger partial charge is 0.343 e. The average molecular weight is 489 g/mol. The van der Waals surface area contributed by atoms with Crippen molar-refractivity contribution >= 4 is 23.8 Å². The topological polar surface area (TPSA) is 159 Å². The van der Waals surface area contributed by atoms with Gasteiger partial charge in [-0.3, -0.25) is 24.4 Å². The van der Waals surface area contributed by atoms with Crippen LogP contribution in [0.25, 0.3) is 0 Å². The number of nitrogens with two attached hydrogens (primary N) is 2. The minimum Gasteiger partial charge on any atom is -0.370 e. The van der Waals surface area contributed by atoms with Gasteiger partial charge in [0.15, 0.2) is 18.2 Å². The predicted octanol–water partition coefficient (Wildman–Crippen LogP) is 0.392. The Balaban J connectivity index is 1.79. The molecule has 1 aromatic heterocycles. The minimum absolute atomic E-state index is 0.0326. The number of nitrogens with one attached hydrogen (secondary N) is 1. The molecular formula is C23H36N8O4. The zero-order valence-electron chi connectivity index (χ0n) is 20.6. The summed E-state index contributed by atoms with van der Waals surface area (Å²) in [6.45, 7) is 7.20. The van der Waals surface area contributed by atoms with Crippen LogP contribution in [-0.4, -0.2) is 81.6 Å². The highest BCUT2D eigenvalue weighted by molar-refractivity contribution is 5.92. The SMILES string of the molecule is CC(C)CCN1CC2N(C(=O)NCc3ccncc3)O[C@H](CCCN=C(N)N)C(=O)N2[C@@H](C)C1=O. The molecule has 3 atom stereocenters. The Morgan fingerprint density at radius 3 is 2.63 bits per heavy atom. The molecule has 0 aliphatic carbocycles. The highest BCUT2D eigenvalue weighted by Gasteiger charge is 2.51. The first kappa shape index (κ1) is 26.2. The van der Waals surface area contributed by atoms with Crippen molar-refractivity contribution in [2.75, 3.05) is 19.6 Å². The molecule has 2 saturated heterocycles. The molecule has 0 spiro atoms. The van der Waals surface area contributed by atoms with Crippen molar-refractivity contribution in [2.45, 2.75) is 64.9 Å². The summed E-state index contributed by atoms with van der Waals surface area (Å²) in [4.78, 5) is 56.7. The fourth-order valence-corrected chi connectivity index (χ4v) is 4.18. The maximum Gasteiger partial charge on any atom is 0.343 e. The van der Waals surface area contributed by atoms with E-state index in [1.165, 1.54) is 9.96 Å². The molecule has 12 nitrogen and oxygen atoms in total. The number of nitrogens with zero attached hydrogens (tertiary/aromatic N) is 5. The van der Waals surface area contributed by atoms with Gasteiger partial charge in [-0.15, -0.1) is 0 Å². The van der Waals surface area contributed by atoms with E-state index in [1.807, 2.05) is 0 Å². The van der Waals surface area contributed by atoms with Crippen LogP contribution in [0.2, 0.25) is 0 Å². The molecule has 0 saturated carbocycles. The molecule has 0 bridgehead atoms. The van der Waals surface area contributed by atoms with Gasteiger partial charge in [0.25, 0.3) is 5.91 Å². The number of pyridine rings is 1. The van der Waals surface area contributed by atoms with Gasteiger partial charge in [-0.1, -0.05) is 13.8 Å². The monoisotopic (exact) mass is 488 g/mol. The van der Waals surface area contributed by atoms with Gasteiger partial charge in [-0.25, -0.2) is 4.79 Å². The molecule has 192 valence electrons. The van der Waals surface area contributed by atoms with E-state index in [1.54, 1.807) is 36.4 Å². The third kappa shape index (κ3) is 6.59. The quantitative estimate of drug-likeness (QED) is 0.257. The van der Waals surface area contributed by atoms with Crippen molar-refractivity contribution in [3.8, 4) is 0 Å². The summed E-state index contributed by atoms with van der Waals surface area (Å²) in [6.07, 6.45) is 3.23. The predicted molar refractivity (Wildman–Crippen MR) is 129 cm³/mol. The lowest BCUT2D eigenvalue weighted by molar-refractivity contribution is -0.259. The molecule has 5 N–H and O–H groups in total. The molecule has 4 amide bonds. The summed E-state index contributed by atoms with van der Waals surface area (Å²) >= 11 is 0. The van der Waals surface area contributed by atoms with Gasteiger partial charge in [0.2, 0.25) is 5.91 Å². The number of carbonyl (C=O) groups excluding carboxylic acids is 3. The van der Waals surface area contributed by atoms with Gasteiger partial charge in [-0.2, -0.15) is 5.06 Å². The lowest BCUT2D eigenvalue weighted by Crippen LogP contribution is -2.73. The Kier molecular flexibility index (Phi) is 8.85. The molecule has 12 heteroatoms. The zero-order chi connectivity index (χ0) is 25.5. The maximum absolute atomic E-state index is 13.3. The Hall–Kier alpha value is -3.41. The highest BCUT2D eigenvalue weighted by atomic mass is 16.7. The van der Waals surface area contributed by atoms with Crippen molar-refractivity contribution in [1.29, 1.82) is 0 Å². The second-order valence-corrected chi connectivity index (χ2v) is 9.25. The first-order valence-electron chi connectivity index (χ1n) is 12.0. The van der Waals surface area contributed by atoms with Gasteiger partial charge >= 0.3 is 6.03 Å². The van der Waals surface area contributed by atoms with Crippen LogP contribution in [0.5, 0.6) is 0 Å². The molecule has 3 heterocycles. The third-order valence-corrected chi connectivity index (χ3v) is 6.12. The van der Waals surface area contributed by atoms with E-state index in [2.05, 4.69) is 29.1 Å². The molecule has 35 heavy (non-hydrogen) atoms. The van der Waals surface area contributed by atoms with Crippen molar-refractivity contribution in [3.05, 3.63) is 30.1 Å². The summed E-state index contributed by atoms with van der Waals surface area (Å²) in [5, 5.41) is 4.06. The number of guanidine groups is 1. The second-order valence-electron chi connectivity index (χ2n) is 9.25. The molecule has 2 aliphatic rings. The lowest BCUT2D eigenvalue weighted by atomic mass is 10.0. The standard InChI is InChI=1S/C23H36N8O4/c1-15(2)8-12-29-14-19-30(16(3)20(29)32)21(33)18(5-4-9-27-22(24)25)35-31(19)23(34)28-13-17-6-10-26-11-7-17/h6-7,10-11,15-16,18-19H,4-5,8-9,12-14H2,1-3H3,(H,28,34)(H4,24,25,27)/t16-,18+,19?/m0/s1. The number of aromatic nitrogens is 1. The van der Waals surface area contributed by atoms with E-state index >= 15 is 0 Å². The van der Waals surface area contributed by atoms with E-state index in [4.69, 9.17) is 16.3 Å². The van der Waals surface area contributed by atoms with Crippen LogP contribution in [0.15, 0.2) is 29.5 Å². The molecule has 0 radical (unpaired) electrons. The molecule has 1 unspecified atom stereocenters. The van der Waals surface area contributed by atoms with Gasteiger partial charge in [0, 0.05) is 32.0 Å². The number of amides is 4. The van der Waals surface area contributed by atoms with Gasteiger partial charge in [0.05, 0.1) is 6.54 Å². The number of piperazine rings is 1. The second kappa shape index (κ2) is 11.8. The molecule has 0 aromatic carbocycles. The van der Waals surface area contributed by atoms with Crippen LogP contribution >= 0.6 is 0 Å². The van der Waals surface area contributed by atoms with Crippen LogP contribution in [0, 0.1) is 5.92 Å². The number of hydrogen-bond acceptors (Lipinski definition) is 6. The molecule has 2 fully saturated rings. The first-order valence-corrected chi connectivity index (χ1v) is 12.0. The normalized spacial score (nSPS) is 22.3. The summed E-state index contributed by atoms with van der Waals surface area (Å²) < 4.78 is 0. The van der Waals surface area contributed by atoms with Crippen molar-refractivity contribution < 1.29 is 19.2 Å². The fourth-order valence-electron chi connectivity index (χ4n) is 4.18. The van der Waals surface area contributed by atoms with Gasteiger partial charge < -0.3 is 26.6 Å². The Morgan fingerprint density at radius 2 is 1.97 bits per heavy atom. The van der Waals surface area contributed by atoms with Gasteiger partial charge in [-0.05, 0) is 49.8 Å². The lowest BCUT2D eigenvalue weighted by Gasteiger charge is -2.52. The summed E-state index contributed by atoms with van der Waals surface area (Å²) in [7, 11) is 0. The number of fused-ring (bicyclic) bond motifs is 1. The number of hydroxylamine groups is 2. The Morgan fingerprint density at radius 1 is 1.26 bits per heavy atom. The van der Waals surface area contributed by atoms with Crippen molar-refractivity contribution in [3.63, 3.8) is 0 Å². The number of aliphatic imine (C=N–C) groups is 1. The van der Waals surface area contributed by atoms with Crippen molar-refractivity contribution in [1.82, 2.24) is 25.2 Å². The summed E-state index contributed by atoms with van der Waals surface area (Å²) in [5.74, 6) is -0.0691. The Bertz CT molecular complexity index is 921. The molecule has 2 aliphatic heterocycles. The number of rotatable bonds is 9. The fraction of sp³-hybridized carbons (Fsp3) is 0.609. The van der Waals surface area contributed by atoms with Crippen LogP contribution < -0.4 is 16.8 Å².